The number of hydrogen-bond donors (Lipinski definition) is 1. The average molecular weight is 383 g/mol. The third-order valence-electron chi connectivity index (χ3n) is 3.12. The molecule has 0 radical (unpaired) electrons. The summed E-state index contributed by atoms with van der Waals surface area (Å²) in [5, 5.41) is 5.86. The van der Waals surface area contributed by atoms with Crippen molar-refractivity contribution in [1.29, 1.82) is 0 Å². The Balaban J connectivity index is 2.90. The number of halogens is 4. The fourth-order valence-electron chi connectivity index (χ4n) is 2.11. The van der Waals surface area contributed by atoms with Crippen LogP contribution < -0.4 is 10.3 Å². The van der Waals surface area contributed by atoms with E-state index in [1.165, 1.54) is 6.92 Å². The van der Waals surface area contributed by atoms with Gasteiger partial charge in [0.15, 0.2) is 0 Å². The van der Waals surface area contributed by atoms with Crippen LogP contribution in [0.4, 0.5) is 13.2 Å². The molecule has 0 unspecified atom stereocenters. The van der Waals surface area contributed by atoms with Gasteiger partial charge in [-0.3, -0.25) is 4.79 Å². The first kappa shape index (κ1) is 18.3. The summed E-state index contributed by atoms with van der Waals surface area (Å²) >= 11 is 0. The summed E-state index contributed by atoms with van der Waals surface area (Å²) in [6, 6.07) is 2.41. The van der Waals surface area contributed by atoms with Crippen LogP contribution in [0.25, 0.3) is 11.3 Å². The third kappa shape index (κ3) is 3.54. The second-order valence-electron chi connectivity index (χ2n) is 4.75. The molecule has 0 aliphatic rings. The van der Waals surface area contributed by atoms with Gasteiger partial charge in [0.2, 0.25) is 0 Å². The molecule has 1 aromatic carbocycles. The van der Waals surface area contributed by atoms with Crippen LogP contribution in [-0.4, -0.2) is 25.7 Å². The zero-order valence-corrected chi connectivity index (χ0v) is 13.8. The van der Waals surface area contributed by atoms with E-state index in [4.69, 9.17) is 15.4 Å². The summed E-state index contributed by atoms with van der Waals surface area (Å²) in [6.07, 6.45) is -4.96. The molecule has 130 valence electrons. The summed E-state index contributed by atoms with van der Waals surface area (Å²) in [5.74, 6) is -0.269. The Bertz CT molecular complexity index is 955. The Morgan fingerprint density at radius 1 is 1.25 bits per heavy atom. The smallest absolute Gasteiger partial charge is 0.417 e. The van der Waals surface area contributed by atoms with Gasteiger partial charge in [-0.2, -0.15) is 18.3 Å². The fourth-order valence-corrected chi connectivity index (χ4v) is 3.19. The predicted molar refractivity (Wildman–Crippen MR) is 79.6 cm³/mol. The highest BCUT2D eigenvalue weighted by molar-refractivity contribution is 8.13. The monoisotopic (exact) mass is 382 g/mol. The Kier molecular flexibility index (Phi) is 4.64. The molecular weight excluding hydrogens is 373 g/mol. The second kappa shape index (κ2) is 6.10. The highest BCUT2D eigenvalue weighted by atomic mass is 35.7. The van der Waals surface area contributed by atoms with Crippen molar-refractivity contribution in [3.8, 4) is 17.0 Å². The zero-order valence-electron chi connectivity index (χ0n) is 12.2. The molecular formula is C13H10ClF3N2O4S. The minimum atomic E-state index is -4.96. The lowest BCUT2D eigenvalue weighted by Gasteiger charge is -2.16. The van der Waals surface area contributed by atoms with Crippen LogP contribution in [0.15, 0.2) is 27.9 Å². The molecule has 24 heavy (non-hydrogen) atoms. The van der Waals surface area contributed by atoms with Gasteiger partial charge >= 0.3 is 6.18 Å². The maximum atomic E-state index is 13.1. The van der Waals surface area contributed by atoms with Crippen LogP contribution in [0.5, 0.6) is 5.75 Å². The number of nitrogens with one attached hydrogen (secondary N) is 1. The standard InChI is InChI=1S/C13H10ClF3N2O4S/c1-6-3-11(20)18-19-12(6)7-4-10(24(14,21)22)8(13(15,16)17)5-9(7)23-2/h3-5H,1-2H3,(H,18,20). The Labute approximate surface area is 138 Å². The number of aromatic nitrogens is 2. The number of methoxy groups -OCH3 is 1. The molecule has 0 amide bonds. The van der Waals surface area contributed by atoms with E-state index in [0.29, 0.717) is 11.6 Å². The first-order chi connectivity index (χ1) is 10.9. The quantitative estimate of drug-likeness (QED) is 0.824. The maximum Gasteiger partial charge on any atom is 0.417 e. The Hall–Kier alpha value is -2.07. The summed E-state index contributed by atoms with van der Waals surface area (Å²) in [5.41, 5.74) is -1.66. The minimum Gasteiger partial charge on any atom is -0.496 e. The highest BCUT2D eigenvalue weighted by Gasteiger charge is 2.38. The molecule has 1 heterocycles. The lowest BCUT2D eigenvalue weighted by molar-refractivity contribution is -0.139. The van der Waals surface area contributed by atoms with E-state index in [9.17, 15) is 26.4 Å². The van der Waals surface area contributed by atoms with E-state index < -0.39 is 31.2 Å². The van der Waals surface area contributed by atoms with Crippen LogP contribution in [-0.2, 0) is 15.2 Å². The molecule has 0 bridgehead atoms. The van der Waals surface area contributed by atoms with Gasteiger partial charge in [-0.05, 0) is 24.6 Å². The number of nitrogens with zero attached hydrogens (tertiary/aromatic N) is 1. The molecule has 1 aromatic heterocycles. The molecule has 6 nitrogen and oxygen atoms in total. The average Bonchev–Trinajstić information content (AvgIpc) is 2.44. The molecule has 0 saturated heterocycles. The van der Waals surface area contributed by atoms with E-state index in [1.807, 2.05) is 0 Å². The topological polar surface area (TPSA) is 89.1 Å². The van der Waals surface area contributed by atoms with E-state index in [2.05, 4.69) is 10.2 Å². The van der Waals surface area contributed by atoms with Crippen molar-refractivity contribution in [1.82, 2.24) is 10.2 Å². The van der Waals surface area contributed by atoms with Gasteiger partial charge in [-0.1, -0.05) is 0 Å². The first-order valence-corrected chi connectivity index (χ1v) is 8.56. The van der Waals surface area contributed by atoms with Gasteiger partial charge in [0, 0.05) is 22.3 Å². The molecule has 0 fully saturated rings. The summed E-state index contributed by atoms with van der Waals surface area (Å²) < 4.78 is 67.4. The number of aromatic amines is 1. The molecule has 11 heteroatoms. The largest absolute Gasteiger partial charge is 0.496 e. The van der Waals surface area contributed by atoms with Crippen molar-refractivity contribution in [3.63, 3.8) is 0 Å². The number of alkyl halides is 3. The normalized spacial score (nSPS) is 12.2. The van der Waals surface area contributed by atoms with Crippen molar-refractivity contribution in [2.75, 3.05) is 7.11 Å². The van der Waals surface area contributed by atoms with Gasteiger partial charge in [0.25, 0.3) is 14.6 Å². The zero-order chi connectivity index (χ0) is 18.3. The van der Waals surface area contributed by atoms with E-state index >= 15 is 0 Å². The van der Waals surface area contributed by atoms with Crippen molar-refractivity contribution in [2.24, 2.45) is 0 Å². The van der Waals surface area contributed by atoms with E-state index in [0.717, 1.165) is 19.2 Å². The van der Waals surface area contributed by atoms with E-state index in [1.54, 1.807) is 0 Å². The SMILES string of the molecule is COc1cc(C(F)(F)F)c(S(=O)(=O)Cl)cc1-c1n[nH]c(=O)cc1C. The van der Waals surface area contributed by atoms with Crippen LogP contribution >= 0.6 is 10.7 Å². The first-order valence-electron chi connectivity index (χ1n) is 6.25. The van der Waals surface area contributed by atoms with Crippen LogP contribution in [0.2, 0.25) is 0 Å². The molecule has 0 aliphatic heterocycles. The minimum absolute atomic E-state index is 0.0570. The van der Waals surface area contributed by atoms with Crippen LogP contribution in [0.1, 0.15) is 11.1 Å². The van der Waals surface area contributed by atoms with Crippen LogP contribution in [0, 0.1) is 6.92 Å². The van der Waals surface area contributed by atoms with Gasteiger partial charge in [0.05, 0.1) is 23.3 Å². The number of ether oxygens (including phenoxy) is 1. The number of hydrogen-bond acceptors (Lipinski definition) is 5. The highest BCUT2D eigenvalue weighted by Crippen LogP contribution is 2.42. The third-order valence-corrected chi connectivity index (χ3v) is 4.49. The summed E-state index contributed by atoms with van der Waals surface area (Å²) in [7, 11) is 1.57. The predicted octanol–water partition coefficient (Wildman–Crippen LogP) is 2.70. The van der Waals surface area contributed by atoms with Gasteiger partial charge in [0.1, 0.15) is 5.75 Å². The molecule has 0 spiro atoms. The van der Waals surface area contributed by atoms with Crippen molar-refractivity contribution in [3.05, 3.63) is 39.7 Å². The van der Waals surface area contributed by atoms with Crippen LogP contribution in [0.3, 0.4) is 0 Å². The molecule has 0 aliphatic carbocycles. The van der Waals surface area contributed by atoms with Crippen molar-refractivity contribution < 1.29 is 26.3 Å². The lowest BCUT2D eigenvalue weighted by atomic mass is 10.0. The second-order valence-corrected chi connectivity index (χ2v) is 7.28. The lowest BCUT2D eigenvalue weighted by Crippen LogP contribution is -2.13. The maximum absolute atomic E-state index is 13.1. The van der Waals surface area contributed by atoms with Gasteiger partial charge in [-0.15, -0.1) is 0 Å². The van der Waals surface area contributed by atoms with Gasteiger partial charge < -0.3 is 4.74 Å². The number of H-pyrrole nitrogens is 1. The summed E-state index contributed by atoms with van der Waals surface area (Å²) in [6.45, 7) is 1.49. The fraction of sp³-hybridized carbons (Fsp3) is 0.231. The summed E-state index contributed by atoms with van der Waals surface area (Å²) in [4.78, 5) is 10.1. The number of rotatable bonds is 3. The van der Waals surface area contributed by atoms with Gasteiger partial charge in [-0.25, -0.2) is 13.5 Å². The molecule has 0 atom stereocenters. The molecule has 0 saturated carbocycles. The van der Waals surface area contributed by atoms with Crippen molar-refractivity contribution >= 4 is 19.7 Å². The number of aryl methyl sites for hydroxylation is 1. The number of benzene rings is 1. The molecule has 2 rings (SSSR count). The Morgan fingerprint density at radius 2 is 1.88 bits per heavy atom. The van der Waals surface area contributed by atoms with E-state index in [-0.39, 0.29) is 17.0 Å². The van der Waals surface area contributed by atoms with Crippen molar-refractivity contribution in [2.45, 2.75) is 18.0 Å². The Morgan fingerprint density at radius 3 is 2.33 bits per heavy atom. The molecule has 2 aromatic rings. The molecule has 1 N–H and O–H groups in total.